The molecule has 11 heavy (non-hydrogen) atoms. The van der Waals surface area contributed by atoms with Crippen molar-refractivity contribution in [1.82, 2.24) is 10.0 Å². The van der Waals surface area contributed by atoms with Gasteiger partial charge in [-0.05, 0) is 11.6 Å². The minimum absolute atomic E-state index is 0.0340. The lowest BCUT2D eigenvalue weighted by molar-refractivity contribution is 0.127. The Morgan fingerprint density at radius 1 is 1.36 bits per heavy atom. The topological polar surface area (TPSA) is 70.9 Å². The lowest BCUT2D eigenvalue weighted by atomic mass is 10.8. The summed E-state index contributed by atoms with van der Waals surface area (Å²) in [6.45, 7) is 0. The van der Waals surface area contributed by atoms with Gasteiger partial charge in [0, 0.05) is 0 Å². The third-order valence-corrected chi connectivity index (χ3v) is 2.20. The zero-order valence-corrected chi connectivity index (χ0v) is 7.55. The molecule has 1 aliphatic rings. The molecule has 2 atom stereocenters. The van der Waals surface area contributed by atoms with E-state index in [0.29, 0.717) is 0 Å². The second-order valence-corrected chi connectivity index (χ2v) is 2.99. The van der Waals surface area contributed by atoms with Crippen molar-refractivity contribution < 1.29 is 0 Å². The number of hydrazine groups is 2. The molecule has 64 valence electrons. The van der Waals surface area contributed by atoms with Crippen LogP contribution in [0.3, 0.4) is 0 Å². The Kier molecular flexibility index (Phi) is 2.79. The van der Waals surface area contributed by atoms with Gasteiger partial charge in [0.15, 0.2) is 11.2 Å². The van der Waals surface area contributed by atoms with Crippen LogP contribution in [0.1, 0.15) is 0 Å². The van der Waals surface area contributed by atoms with E-state index in [-0.39, 0.29) is 5.29 Å². The van der Waals surface area contributed by atoms with Gasteiger partial charge >= 0.3 is 0 Å². The molecule has 0 bridgehead atoms. The fraction of sp³-hybridized carbons (Fsp3) is 0.667. The number of nitrogens with two attached hydrogens (primary N) is 2. The van der Waals surface area contributed by atoms with E-state index in [1.165, 1.54) is 0 Å². The van der Waals surface area contributed by atoms with E-state index >= 15 is 0 Å². The molecule has 4 N–H and O–H groups in total. The lowest BCUT2D eigenvalue weighted by Gasteiger charge is -2.35. The number of aliphatic imine (C=N–C) groups is 1. The van der Waals surface area contributed by atoms with Crippen molar-refractivity contribution in [3.8, 4) is 0 Å². The number of amidine groups is 1. The van der Waals surface area contributed by atoms with E-state index in [1.807, 2.05) is 0 Å². The van der Waals surface area contributed by atoms with E-state index < -0.39 is 11.2 Å². The Morgan fingerprint density at radius 2 is 1.91 bits per heavy atom. The summed E-state index contributed by atoms with van der Waals surface area (Å²) >= 11 is 16.8. The van der Waals surface area contributed by atoms with Gasteiger partial charge in [-0.15, -0.1) is 0 Å². The predicted molar refractivity (Wildman–Crippen MR) is 44.6 cm³/mol. The molecule has 5 nitrogen and oxygen atoms in total. The van der Waals surface area contributed by atoms with Crippen LogP contribution >= 0.6 is 34.8 Å². The van der Waals surface area contributed by atoms with E-state index in [1.54, 1.807) is 0 Å². The van der Waals surface area contributed by atoms with Crippen LogP contribution < -0.4 is 11.7 Å². The van der Waals surface area contributed by atoms with Crippen molar-refractivity contribution in [2.45, 2.75) is 11.2 Å². The number of hydrogen-bond donors (Lipinski definition) is 2. The average Bonchev–Trinajstić information content (AvgIpc) is 1.97. The fourth-order valence-electron chi connectivity index (χ4n) is 0.554. The van der Waals surface area contributed by atoms with Crippen LogP contribution in [0.4, 0.5) is 0 Å². The van der Waals surface area contributed by atoms with Gasteiger partial charge in [-0.25, -0.2) is 10.8 Å². The van der Waals surface area contributed by atoms with Crippen LogP contribution in [-0.4, -0.2) is 26.6 Å². The first kappa shape index (κ1) is 9.31. The summed E-state index contributed by atoms with van der Waals surface area (Å²) in [5.41, 5.74) is -1.55. The van der Waals surface area contributed by atoms with Gasteiger partial charge in [0.2, 0.25) is 5.29 Å². The SMILES string of the molecule is NN1C(Cl)=NC(Cl)N(N)C1Cl. The number of halogens is 3. The summed E-state index contributed by atoms with van der Waals surface area (Å²) < 4.78 is 0. The molecule has 0 aromatic heterocycles. The van der Waals surface area contributed by atoms with Crippen molar-refractivity contribution >= 4 is 40.1 Å². The highest BCUT2D eigenvalue weighted by Gasteiger charge is 2.30. The summed E-state index contributed by atoms with van der Waals surface area (Å²) in [5.74, 6) is 10.7. The monoisotopic (exact) mass is 217 g/mol. The van der Waals surface area contributed by atoms with Crippen molar-refractivity contribution in [2.24, 2.45) is 16.7 Å². The fourth-order valence-corrected chi connectivity index (χ4v) is 1.30. The maximum Gasteiger partial charge on any atom is 0.213 e. The van der Waals surface area contributed by atoms with Crippen LogP contribution in [0.15, 0.2) is 4.99 Å². The third-order valence-electron chi connectivity index (χ3n) is 1.15. The number of alkyl halides is 2. The Labute approximate surface area is 78.4 Å². The summed E-state index contributed by atoms with van der Waals surface area (Å²) in [7, 11) is 0. The van der Waals surface area contributed by atoms with E-state index in [4.69, 9.17) is 46.5 Å². The second kappa shape index (κ2) is 3.30. The first-order valence-electron chi connectivity index (χ1n) is 2.62. The van der Waals surface area contributed by atoms with Gasteiger partial charge < -0.3 is 0 Å². The molecule has 0 fully saturated rings. The lowest BCUT2D eigenvalue weighted by Crippen LogP contribution is -2.58. The molecule has 1 aliphatic heterocycles. The predicted octanol–water partition coefficient (Wildman–Crippen LogP) is -0.00900. The Morgan fingerprint density at radius 3 is 2.45 bits per heavy atom. The molecule has 0 aromatic carbocycles. The highest BCUT2D eigenvalue weighted by Crippen LogP contribution is 2.18. The van der Waals surface area contributed by atoms with Crippen molar-refractivity contribution in [1.29, 1.82) is 0 Å². The summed E-state index contributed by atoms with van der Waals surface area (Å²) in [4.78, 5) is 3.66. The zero-order chi connectivity index (χ0) is 8.59. The Bertz CT molecular complexity index is 184. The maximum atomic E-state index is 5.66. The van der Waals surface area contributed by atoms with Gasteiger partial charge in [0.25, 0.3) is 0 Å². The van der Waals surface area contributed by atoms with Gasteiger partial charge in [-0.3, -0.25) is 10.9 Å². The van der Waals surface area contributed by atoms with E-state index in [0.717, 1.165) is 10.0 Å². The molecule has 1 rings (SSSR count). The van der Waals surface area contributed by atoms with Gasteiger partial charge in [-0.2, -0.15) is 5.01 Å². The maximum absolute atomic E-state index is 5.66. The largest absolute Gasteiger partial charge is 0.263 e. The standard InChI is InChI=1S/C3H6Cl3N5/c4-1-9-2(5)11(8)3(6)10(1)7/h1,3H,7-8H2. The Hall–Kier alpha value is 0.220. The van der Waals surface area contributed by atoms with E-state index in [2.05, 4.69) is 4.99 Å². The molecule has 0 radical (unpaired) electrons. The molecule has 2 unspecified atom stereocenters. The first-order chi connectivity index (χ1) is 5.04. The highest BCUT2D eigenvalue weighted by molar-refractivity contribution is 6.65. The Balaban J connectivity index is 2.83. The molecule has 0 saturated carbocycles. The molecule has 0 spiro atoms. The van der Waals surface area contributed by atoms with Gasteiger partial charge in [0.1, 0.15) is 0 Å². The quantitative estimate of drug-likeness (QED) is 0.341. The van der Waals surface area contributed by atoms with Crippen LogP contribution in [0.5, 0.6) is 0 Å². The number of nitrogens with zero attached hydrogens (tertiary/aromatic N) is 3. The van der Waals surface area contributed by atoms with E-state index in [9.17, 15) is 0 Å². The van der Waals surface area contributed by atoms with Crippen LogP contribution in [0.2, 0.25) is 0 Å². The average molecular weight is 218 g/mol. The molecular formula is C3H6Cl3N5. The minimum Gasteiger partial charge on any atom is -0.263 e. The first-order valence-corrected chi connectivity index (χ1v) is 3.87. The normalized spacial score (nSPS) is 33.9. The highest BCUT2D eigenvalue weighted by atomic mass is 35.5. The minimum atomic E-state index is -0.775. The number of hydrogen-bond acceptors (Lipinski definition) is 5. The van der Waals surface area contributed by atoms with Gasteiger partial charge in [0.05, 0.1) is 0 Å². The smallest absolute Gasteiger partial charge is 0.213 e. The molecule has 0 saturated heterocycles. The molecule has 0 aliphatic carbocycles. The van der Waals surface area contributed by atoms with Crippen molar-refractivity contribution in [2.75, 3.05) is 0 Å². The third kappa shape index (κ3) is 1.69. The van der Waals surface area contributed by atoms with Crippen LogP contribution in [0, 0.1) is 0 Å². The van der Waals surface area contributed by atoms with Crippen molar-refractivity contribution in [3.05, 3.63) is 0 Å². The van der Waals surface area contributed by atoms with Crippen LogP contribution in [0.25, 0.3) is 0 Å². The number of rotatable bonds is 0. The van der Waals surface area contributed by atoms with Crippen LogP contribution in [-0.2, 0) is 0 Å². The van der Waals surface area contributed by atoms with Crippen molar-refractivity contribution in [3.63, 3.8) is 0 Å². The van der Waals surface area contributed by atoms with Gasteiger partial charge in [-0.1, -0.05) is 23.2 Å². The molecule has 1 heterocycles. The molecule has 8 heteroatoms. The summed E-state index contributed by atoms with van der Waals surface area (Å²) in [5, 5.41) is 2.10. The molecule has 0 amide bonds. The zero-order valence-electron chi connectivity index (χ0n) is 5.28. The molecular weight excluding hydrogens is 212 g/mol. The molecule has 0 aromatic rings. The second-order valence-electron chi connectivity index (χ2n) is 1.87. The summed E-state index contributed by atoms with van der Waals surface area (Å²) in [6, 6.07) is 0. The summed E-state index contributed by atoms with van der Waals surface area (Å²) in [6.07, 6.45) is 0.